The first-order valence-electron chi connectivity index (χ1n) is 7.11. The first-order chi connectivity index (χ1) is 9.56. The average Bonchev–Trinajstić information content (AvgIpc) is 2.97. The highest BCUT2D eigenvalue weighted by molar-refractivity contribution is 7.20. The van der Waals surface area contributed by atoms with Gasteiger partial charge in [-0.3, -0.25) is 4.79 Å². The lowest BCUT2D eigenvalue weighted by atomic mass is 10.1. The molecule has 1 N–H and O–H groups in total. The fourth-order valence-corrected chi connectivity index (χ4v) is 4.19. The molecule has 2 aromatic heterocycles. The summed E-state index contributed by atoms with van der Waals surface area (Å²) >= 11 is 1.48. The molecule has 0 radical (unpaired) electrons. The Morgan fingerprint density at radius 1 is 1.20 bits per heavy atom. The number of aryl methyl sites for hydroxylation is 3. The highest BCUT2D eigenvalue weighted by Gasteiger charge is 2.22. The van der Waals surface area contributed by atoms with Gasteiger partial charge >= 0.3 is 0 Å². The molecule has 5 heteroatoms. The number of rotatable bonds is 2. The van der Waals surface area contributed by atoms with Gasteiger partial charge in [0.05, 0.1) is 4.88 Å². The maximum atomic E-state index is 12.4. The van der Waals surface area contributed by atoms with Crippen molar-refractivity contribution in [2.75, 3.05) is 0 Å². The SMILES string of the molecule is Cc1nc(C)c2c(C)c(C(=O)NC3CCCC3)sc2n1. The summed E-state index contributed by atoms with van der Waals surface area (Å²) in [5.41, 5.74) is 1.97. The zero-order chi connectivity index (χ0) is 14.3. The number of nitrogens with one attached hydrogen (secondary N) is 1. The van der Waals surface area contributed by atoms with Gasteiger partial charge in [0, 0.05) is 17.1 Å². The Morgan fingerprint density at radius 3 is 2.60 bits per heavy atom. The van der Waals surface area contributed by atoms with Crippen LogP contribution in [0.4, 0.5) is 0 Å². The molecule has 0 unspecified atom stereocenters. The minimum Gasteiger partial charge on any atom is -0.349 e. The number of hydrogen-bond acceptors (Lipinski definition) is 4. The molecule has 0 aliphatic heterocycles. The van der Waals surface area contributed by atoms with Crippen LogP contribution in [0.2, 0.25) is 0 Å². The maximum absolute atomic E-state index is 12.4. The predicted octanol–water partition coefficient (Wildman–Crippen LogP) is 3.29. The van der Waals surface area contributed by atoms with Gasteiger partial charge in [-0.2, -0.15) is 0 Å². The van der Waals surface area contributed by atoms with Crippen LogP contribution in [0.5, 0.6) is 0 Å². The average molecular weight is 289 g/mol. The Hall–Kier alpha value is -1.49. The van der Waals surface area contributed by atoms with Crippen molar-refractivity contribution in [3.05, 3.63) is 22.0 Å². The summed E-state index contributed by atoms with van der Waals surface area (Å²) in [7, 11) is 0. The van der Waals surface area contributed by atoms with Crippen LogP contribution in [0.3, 0.4) is 0 Å². The Morgan fingerprint density at radius 2 is 1.90 bits per heavy atom. The summed E-state index contributed by atoms with van der Waals surface area (Å²) in [5, 5.41) is 4.19. The zero-order valence-electron chi connectivity index (χ0n) is 12.1. The van der Waals surface area contributed by atoms with Gasteiger partial charge in [-0.25, -0.2) is 9.97 Å². The van der Waals surface area contributed by atoms with E-state index in [1.165, 1.54) is 24.2 Å². The third-order valence-electron chi connectivity index (χ3n) is 3.98. The Kier molecular flexibility index (Phi) is 3.46. The van der Waals surface area contributed by atoms with Crippen LogP contribution in [0.25, 0.3) is 10.2 Å². The number of aromatic nitrogens is 2. The lowest BCUT2D eigenvalue weighted by Crippen LogP contribution is -2.32. The summed E-state index contributed by atoms with van der Waals surface area (Å²) in [5.74, 6) is 0.813. The molecule has 1 fully saturated rings. The third-order valence-corrected chi connectivity index (χ3v) is 5.16. The van der Waals surface area contributed by atoms with Gasteiger partial charge in [0.1, 0.15) is 10.7 Å². The van der Waals surface area contributed by atoms with E-state index in [9.17, 15) is 4.79 Å². The van der Waals surface area contributed by atoms with E-state index in [0.717, 1.165) is 45.0 Å². The van der Waals surface area contributed by atoms with Crippen molar-refractivity contribution in [3.63, 3.8) is 0 Å². The van der Waals surface area contributed by atoms with Gasteiger partial charge in [0.15, 0.2) is 0 Å². The molecular weight excluding hydrogens is 270 g/mol. The number of amides is 1. The van der Waals surface area contributed by atoms with Crippen LogP contribution in [-0.4, -0.2) is 21.9 Å². The van der Waals surface area contributed by atoms with Crippen molar-refractivity contribution in [1.29, 1.82) is 0 Å². The van der Waals surface area contributed by atoms with Crippen LogP contribution >= 0.6 is 11.3 Å². The van der Waals surface area contributed by atoms with Crippen LogP contribution < -0.4 is 5.32 Å². The second-order valence-electron chi connectivity index (χ2n) is 5.55. The molecule has 0 saturated heterocycles. The number of nitrogens with zero attached hydrogens (tertiary/aromatic N) is 2. The van der Waals surface area contributed by atoms with E-state index in [2.05, 4.69) is 15.3 Å². The molecule has 2 aromatic rings. The fraction of sp³-hybridized carbons (Fsp3) is 0.533. The second-order valence-corrected chi connectivity index (χ2v) is 6.55. The van der Waals surface area contributed by atoms with E-state index in [4.69, 9.17) is 0 Å². The maximum Gasteiger partial charge on any atom is 0.261 e. The van der Waals surface area contributed by atoms with E-state index in [1.54, 1.807) is 0 Å². The Bertz CT molecular complexity index is 671. The van der Waals surface area contributed by atoms with Gasteiger partial charge in [-0.05, 0) is 39.2 Å². The zero-order valence-corrected chi connectivity index (χ0v) is 12.9. The van der Waals surface area contributed by atoms with Crippen molar-refractivity contribution >= 4 is 27.5 Å². The number of carbonyl (C=O) groups excluding carboxylic acids is 1. The number of fused-ring (bicyclic) bond motifs is 1. The molecule has 0 atom stereocenters. The quantitative estimate of drug-likeness (QED) is 0.923. The largest absolute Gasteiger partial charge is 0.349 e. The van der Waals surface area contributed by atoms with Gasteiger partial charge in [0.25, 0.3) is 5.91 Å². The molecule has 4 nitrogen and oxygen atoms in total. The summed E-state index contributed by atoms with van der Waals surface area (Å²) in [6.07, 6.45) is 4.65. The highest BCUT2D eigenvalue weighted by atomic mass is 32.1. The smallest absolute Gasteiger partial charge is 0.261 e. The molecular formula is C15H19N3OS. The Balaban J connectivity index is 1.97. The minimum absolute atomic E-state index is 0.0504. The molecule has 20 heavy (non-hydrogen) atoms. The topological polar surface area (TPSA) is 54.9 Å². The number of thiophene rings is 1. The van der Waals surface area contributed by atoms with Crippen LogP contribution in [-0.2, 0) is 0 Å². The highest BCUT2D eigenvalue weighted by Crippen LogP contribution is 2.31. The standard InChI is InChI=1S/C15H19N3OS/c1-8-12-9(2)16-10(3)17-15(12)20-13(8)14(19)18-11-6-4-5-7-11/h11H,4-7H2,1-3H3,(H,18,19). The summed E-state index contributed by atoms with van der Waals surface area (Å²) in [4.78, 5) is 23.0. The molecule has 1 aliphatic rings. The molecule has 1 aliphatic carbocycles. The molecule has 0 bridgehead atoms. The van der Waals surface area contributed by atoms with Crippen LogP contribution in [0.15, 0.2) is 0 Å². The summed E-state index contributed by atoms with van der Waals surface area (Å²) in [6.45, 7) is 5.86. The van der Waals surface area contributed by atoms with Gasteiger partial charge in [0.2, 0.25) is 0 Å². The lowest BCUT2D eigenvalue weighted by molar-refractivity contribution is 0.0941. The molecule has 1 saturated carbocycles. The molecule has 0 aromatic carbocycles. The van der Waals surface area contributed by atoms with E-state index in [1.807, 2.05) is 20.8 Å². The molecule has 0 spiro atoms. The summed E-state index contributed by atoms with van der Waals surface area (Å²) in [6, 6.07) is 0.348. The lowest BCUT2D eigenvalue weighted by Gasteiger charge is -2.11. The normalized spacial score (nSPS) is 15.9. The van der Waals surface area contributed by atoms with E-state index in [0.29, 0.717) is 6.04 Å². The van der Waals surface area contributed by atoms with Crippen LogP contribution in [0.1, 0.15) is 52.4 Å². The molecule has 106 valence electrons. The van der Waals surface area contributed by atoms with E-state index >= 15 is 0 Å². The Labute approximate surface area is 122 Å². The molecule has 3 rings (SSSR count). The first-order valence-corrected chi connectivity index (χ1v) is 7.93. The summed E-state index contributed by atoms with van der Waals surface area (Å²) < 4.78 is 0. The van der Waals surface area contributed by atoms with Crippen molar-refractivity contribution < 1.29 is 4.79 Å². The monoisotopic (exact) mass is 289 g/mol. The third kappa shape index (κ3) is 2.30. The molecule has 1 amide bonds. The van der Waals surface area contributed by atoms with Crippen molar-refractivity contribution in [2.24, 2.45) is 0 Å². The minimum atomic E-state index is 0.0504. The predicted molar refractivity (Wildman–Crippen MR) is 81.3 cm³/mol. The van der Waals surface area contributed by atoms with Crippen molar-refractivity contribution in [3.8, 4) is 0 Å². The van der Waals surface area contributed by atoms with Gasteiger partial charge in [-0.15, -0.1) is 11.3 Å². The second kappa shape index (κ2) is 5.13. The fourth-order valence-electron chi connectivity index (χ4n) is 3.01. The van der Waals surface area contributed by atoms with Crippen molar-refractivity contribution in [1.82, 2.24) is 15.3 Å². The number of hydrogen-bond donors (Lipinski definition) is 1. The van der Waals surface area contributed by atoms with E-state index in [-0.39, 0.29) is 5.91 Å². The van der Waals surface area contributed by atoms with Crippen molar-refractivity contribution in [2.45, 2.75) is 52.5 Å². The van der Waals surface area contributed by atoms with Crippen LogP contribution in [0, 0.1) is 20.8 Å². The first kappa shape index (κ1) is 13.5. The van der Waals surface area contributed by atoms with Gasteiger partial charge < -0.3 is 5.32 Å². The molecule has 2 heterocycles. The van der Waals surface area contributed by atoms with Gasteiger partial charge in [-0.1, -0.05) is 12.8 Å². The van der Waals surface area contributed by atoms with E-state index < -0.39 is 0 Å². The number of carbonyl (C=O) groups is 1.